The molecule has 3 N–H and O–H groups in total. The summed E-state index contributed by atoms with van der Waals surface area (Å²) in [6.45, 7) is 1.03. The summed E-state index contributed by atoms with van der Waals surface area (Å²) in [4.78, 5) is 11.3. The van der Waals surface area contributed by atoms with Crippen molar-refractivity contribution in [2.75, 3.05) is 13.1 Å². The Balaban J connectivity index is 2.39. The van der Waals surface area contributed by atoms with Crippen LogP contribution in [-0.2, 0) is 11.2 Å². The minimum Gasteiger partial charge on any atom is -0.356 e. The van der Waals surface area contributed by atoms with Crippen LogP contribution in [0.15, 0.2) is 18.2 Å². The van der Waals surface area contributed by atoms with E-state index in [1.807, 2.05) is 0 Å². The maximum absolute atomic E-state index is 13.2. The predicted octanol–water partition coefficient (Wildman–Crippen LogP) is 1.36. The van der Waals surface area contributed by atoms with E-state index >= 15 is 0 Å². The van der Waals surface area contributed by atoms with E-state index in [-0.39, 0.29) is 24.3 Å². The molecule has 0 bridgehead atoms. The van der Waals surface area contributed by atoms with Gasteiger partial charge in [-0.05, 0) is 31.0 Å². The van der Waals surface area contributed by atoms with E-state index in [2.05, 4.69) is 5.32 Å². The zero-order valence-corrected chi connectivity index (χ0v) is 9.51. The van der Waals surface area contributed by atoms with Gasteiger partial charge in [0, 0.05) is 13.0 Å². The van der Waals surface area contributed by atoms with Crippen LogP contribution in [0.3, 0.4) is 0 Å². The van der Waals surface area contributed by atoms with E-state index < -0.39 is 11.6 Å². The lowest BCUT2D eigenvalue weighted by molar-refractivity contribution is -0.121. The first-order chi connectivity index (χ1) is 8.15. The van der Waals surface area contributed by atoms with Crippen molar-refractivity contribution in [3.05, 3.63) is 35.4 Å². The summed E-state index contributed by atoms with van der Waals surface area (Å²) < 4.78 is 26.1. The molecule has 0 aliphatic heterocycles. The van der Waals surface area contributed by atoms with Crippen LogP contribution in [0.5, 0.6) is 0 Å². The molecule has 0 aromatic heterocycles. The summed E-state index contributed by atoms with van der Waals surface area (Å²) in [7, 11) is 0. The van der Waals surface area contributed by atoms with Crippen molar-refractivity contribution < 1.29 is 13.6 Å². The Morgan fingerprint density at radius 2 is 2.12 bits per heavy atom. The van der Waals surface area contributed by atoms with Crippen molar-refractivity contribution in [2.24, 2.45) is 5.73 Å². The largest absolute Gasteiger partial charge is 0.356 e. The molecule has 0 spiro atoms. The first-order valence-electron chi connectivity index (χ1n) is 5.55. The number of amides is 1. The molecule has 1 aromatic carbocycles. The molecule has 0 saturated heterocycles. The van der Waals surface area contributed by atoms with E-state index in [0.717, 1.165) is 6.07 Å². The molecule has 0 radical (unpaired) electrons. The Morgan fingerprint density at radius 3 is 2.82 bits per heavy atom. The summed E-state index contributed by atoms with van der Waals surface area (Å²) >= 11 is 0. The summed E-state index contributed by atoms with van der Waals surface area (Å²) in [6, 6.07) is 3.96. The lowest BCUT2D eigenvalue weighted by atomic mass is 10.1. The van der Waals surface area contributed by atoms with Crippen LogP contribution in [0.25, 0.3) is 0 Å². The van der Waals surface area contributed by atoms with Crippen molar-refractivity contribution in [2.45, 2.75) is 19.3 Å². The summed E-state index contributed by atoms with van der Waals surface area (Å²) in [5.41, 5.74) is 5.49. The number of carbonyl (C=O) groups excluding carboxylic acids is 1. The molecular formula is C12H16F2N2O. The average molecular weight is 242 g/mol. The molecule has 5 heteroatoms. The van der Waals surface area contributed by atoms with Crippen molar-refractivity contribution in [1.29, 1.82) is 0 Å². The fourth-order valence-corrected chi connectivity index (χ4v) is 1.41. The van der Waals surface area contributed by atoms with E-state index in [1.54, 1.807) is 0 Å². The Bertz CT molecular complexity index is 383. The van der Waals surface area contributed by atoms with Gasteiger partial charge in [0.1, 0.15) is 0 Å². The van der Waals surface area contributed by atoms with Crippen LogP contribution in [0.4, 0.5) is 8.78 Å². The average Bonchev–Trinajstić information content (AvgIpc) is 2.31. The van der Waals surface area contributed by atoms with Gasteiger partial charge in [0.2, 0.25) is 5.91 Å². The van der Waals surface area contributed by atoms with Crippen LogP contribution in [0.1, 0.15) is 18.4 Å². The van der Waals surface area contributed by atoms with Crippen molar-refractivity contribution in [1.82, 2.24) is 5.32 Å². The molecule has 0 aliphatic carbocycles. The topological polar surface area (TPSA) is 55.1 Å². The quantitative estimate of drug-likeness (QED) is 0.740. The monoisotopic (exact) mass is 242 g/mol. The van der Waals surface area contributed by atoms with Gasteiger partial charge < -0.3 is 11.1 Å². The second kappa shape index (κ2) is 6.96. The van der Waals surface area contributed by atoms with Gasteiger partial charge in [0.15, 0.2) is 11.6 Å². The number of hydrogen-bond acceptors (Lipinski definition) is 2. The second-order valence-electron chi connectivity index (χ2n) is 3.71. The highest BCUT2D eigenvalue weighted by Crippen LogP contribution is 2.12. The molecule has 0 aliphatic rings. The first-order valence-corrected chi connectivity index (χ1v) is 5.55. The van der Waals surface area contributed by atoms with Gasteiger partial charge in [-0.15, -0.1) is 0 Å². The van der Waals surface area contributed by atoms with Crippen molar-refractivity contribution >= 4 is 5.91 Å². The van der Waals surface area contributed by atoms with E-state index in [9.17, 15) is 13.6 Å². The van der Waals surface area contributed by atoms with E-state index in [1.165, 1.54) is 12.1 Å². The highest BCUT2D eigenvalue weighted by molar-refractivity contribution is 5.76. The van der Waals surface area contributed by atoms with Gasteiger partial charge in [0.25, 0.3) is 0 Å². The maximum Gasteiger partial charge on any atom is 0.220 e. The first kappa shape index (κ1) is 13.6. The molecule has 17 heavy (non-hydrogen) atoms. The van der Waals surface area contributed by atoms with E-state index in [4.69, 9.17) is 5.73 Å². The SMILES string of the molecule is NCCCNC(=O)CCc1cccc(F)c1F. The summed E-state index contributed by atoms with van der Waals surface area (Å²) in [5, 5.41) is 2.65. The smallest absolute Gasteiger partial charge is 0.220 e. The zero-order chi connectivity index (χ0) is 12.7. The van der Waals surface area contributed by atoms with Crippen molar-refractivity contribution in [3.63, 3.8) is 0 Å². The van der Waals surface area contributed by atoms with Gasteiger partial charge in [-0.25, -0.2) is 8.78 Å². The van der Waals surface area contributed by atoms with Crippen LogP contribution < -0.4 is 11.1 Å². The Morgan fingerprint density at radius 1 is 1.35 bits per heavy atom. The van der Waals surface area contributed by atoms with Crippen LogP contribution in [0, 0.1) is 11.6 Å². The fourth-order valence-electron chi connectivity index (χ4n) is 1.41. The maximum atomic E-state index is 13.2. The standard InChI is InChI=1S/C12H16F2N2O/c13-10-4-1-3-9(12(10)14)5-6-11(17)16-8-2-7-15/h1,3-4H,2,5-8,15H2,(H,16,17). The Labute approximate surface area is 99.0 Å². The molecule has 0 unspecified atom stereocenters. The minimum absolute atomic E-state index is 0.144. The molecular weight excluding hydrogens is 226 g/mol. The third-order valence-electron chi connectivity index (χ3n) is 2.36. The summed E-state index contributed by atoms with van der Waals surface area (Å²) in [5.74, 6) is -1.93. The fraction of sp³-hybridized carbons (Fsp3) is 0.417. The van der Waals surface area contributed by atoms with E-state index in [0.29, 0.717) is 19.5 Å². The third kappa shape index (κ3) is 4.48. The molecule has 1 rings (SSSR count). The van der Waals surface area contributed by atoms with Crippen LogP contribution in [0.2, 0.25) is 0 Å². The van der Waals surface area contributed by atoms with Gasteiger partial charge in [0.05, 0.1) is 0 Å². The molecule has 3 nitrogen and oxygen atoms in total. The number of rotatable bonds is 6. The number of aryl methyl sites for hydroxylation is 1. The number of hydrogen-bond donors (Lipinski definition) is 2. The normalized spacial score (nSPS) is 10.3. The number of halogens is 2. The van der Waals surface area contributed by atoms with Gasteiger partial charge in [-0.3, -0.25) is 4.79 Å². The van der Waals surface area contributed by atoms with Crippen molar-refractivity contribution in [3.8, 4) is 0 Å². The molecule has 1 aromatic rings. The summed E-state index contributed by atoms with van der Waals surface area (Å²) in [6.07, 6.45) is 1.04. The number of benzene rings is 1. The van der Waals surface area contributed by atoms with Gasteiger partial charge in [-0.1, -0.05) is 12.1 Å². The lowest BCUT2D eigenvalue weighted by Crippen LogP contribution is -2.26. The van der Waals surface area contributed by atoms with Crippen LogP contribution >= 0.6 is 0 Å². The number of nitrogens with two attached hydrogens (primary N) is 1. The molecule has 1 amide bonds. The predicted molar refractivity (Wildman–Crippen MR) is 61.4 cm³/mol. The molecule has 0 heterocycles. The van der Waals surface area contributed by atoms with Gasteiger partial charge >= 0.3 is 0 Å². The van der Waals surface area contributed by atoms with Gasteiger partial charge in [-0.2, -0.15) is 0 Å². The second-order valence-corrected chi connectivity index (χ2v) is 3.71. The lowest BCUT2D eigenvalue weighted by Gasteiger charge is -2.05. The molecule has 0 atom stereocenters. The highest BCUT2D eigenvalue weighted by atomic mass is 19.2. The van der Waals surface area contributed by atoms with Crippen LogP contribution in [-0.4, -0.2) is 19.0 Å². The number of carbonyl (C=O) groups is 1. The Hall–Kier alpha value is -1.49. The zero-order valence-electron chi connectivity index (χ0n) is 9.51. The highest BCUT2D eigenvalue weighted by Gasteiger charge is 2.09. The third-order valence-corrected chi connectivity index (χ3v) is 2.36. The molecule has 0 fully saturated rings. The minimum atomic E-state index is -0.883. The molecule has 0 saturated carbocycles. The molecule has 94 valence electrons. The number of nitrogens with one attached hydrogen (secondary N) is 1. The Kier molecular flexibility index (Phi) is 5.56.